The highest BCUT2D eigenvalue weighted by atomic mass is 35.5. The van der Waals surface area contributed by atoms with E-state index >= 15 is 0 Å². The quantitative estimate of drug-likeness (QED) is 0.289. The number of hydrogen-bond acceptors (Lipinski definition) is 11. The van der Waals surface area contributed by atoms with Crippen LogP contribution in [0.2, 0.25) is 10.0 Å². The molecule has 2 saturated heterocycles. The molecule has 1 N–H and O–H groups in total. The Morgan fingerprint density at radius 3 is 2.36 bits per heavy atom. The minimum Gasteiger partial charge on any atom is -0.495 e. The molecule has 14 nitrogen and oxygen atoms in total. The molecule has 0 aliphatic carbocycles. The third-order valence-electron chi connectivity index (χ3n) is 8.87. The van der Waals surface area contributed by atoms with Crippen LogP contribution < -0.4 is 29.5 Å². The highest BCUT2D eigenvalue weighted by Gasteiger charge is 2.41. The number of aromatic nitrogens is 3. The maximum atomic E-state index is 14.6. The molecule has 6 rings (SSSR count). The van der Waals surface area contributed by atoms with Crippen LogP contribution in [0.25, 0.3) is 0 Å². The van der Waals surface area contributed by atoms with Crippen LogP contribution in [0.5, 0.6) is 11.5 Å². The Labute approximate surface area is 301 Å². The molecule has 50 heavy (non-hydrogen) atoms. The number of likely N-dealkylation sites (tertiary alicyclic amines) is 1. The van der Waals surface area contributed by atoms with Gasteiger partial charge in [-0.05, 0) is 39.1 Å². The Morgan fingerprint density at radius 1 is 1.04 bits per heavy atom. The number of likely N-dealkylation sites (N-methyl/N-ethyl adjacent to an activating group) is 1. The van der Waals surface area contributed by atoms with E-state index in [4.69, 9.17) is 42.4 Å². The maximum Gasteiger partial charge on any atom is 0.330 e. The summed E-state index contributed by atoms with van der Waals surface area (Å²) in [5, 5.41) is 3.59. The van der Waals surface area contributed by atoms with Gasteiger partial charge in [-0.2, -0.15) is 4.98 Å². The molecule has 3 aliphatic heterocycles. The van der Waals surface area contributed by atoms with Gasteiger partial charge in [-0.25, -0.2) is 14.8 Å². The fraction of sp³-hybridized carbons (Fsp3) is 0.441. The van der Waals surface area contributed by atoms with Crippen LogP contribution in [0.1, 0.15) is 18.4 Å². The summed E-state index contributed by atoms with van der Waals surface area (Å²) in [6.45, 7) is 4.63. The van der Waals surface area contributed by atoms with Gasteiger partial charge in [-0.15, -0.1) is 0 Å². The van der Waals surface area contributed by atoms with Gasteiger partial charge in [-0.3, -0.25) is 14.6 Å². The van der Waals surface area contributed by atoms with E-state index in [9.17, 15) is 9.59 Å². The molecule has 3 aromatic rings. The summed E-state index contributed by atoms with van der Waals surface area (Å²) in [5.41, 5.74) is 1.65. The second-order valence-electron chi connectivity index (χ2n) is 12.4. The summed E-state index contributed by atoms with van der Waals surface area (Å²) in [6.07, 6.45) is 7.96. The molecule has 5 heterocycles. The monoisotopic (exact) mass is 725 g/mol. The second kappa shape index (κ2) is 15.7. The number of halogens is 2. The summed E-state index contributed by atoms with van der Waals surface area (Å²) >= 11 is 13.6. The Balaban J connectivity index is 1.30. The lowest BCUT2D eigenvalue weighted by Gasteiger charge is -2.43. The molecule has 266 valence electrons. The molecule has 1 aromatic carbocycles. The maximum absolute atomic E-state index is 14.6. The number of nitrogens with one attached hydrogen (secondary N) is 1. The first kappa shape index (κ1) is 35.5. The van der Waals surface area contributed by atoms with Gasteiger partial charge in [0.05, 0.1) is 51.5 Å². The summed E-state index contributed by atoms with van der Waals surface area (Å²) in [6, 6.07) is 4.80. The van der Waals surface area contributed by atoms with Crippen molar-refractivity contribution in [3.8, 4) is 11.5 Å². The normalized spacial score (nSPS) is 17.1. The molecule has 3 amide bonds. The summed E-state index contributed by atoms with van der Waals surface area (Å²) in [7, 11) is 6.86. The number of carbonyl (C=O) groups excluding carboxylic acids is 2. The summed E-state index contributed by atoms with van der Waals surface area (Å²) in [5.74, 6) is 2.22. The van der Waals surface area contributed by atoms with Gasteiger partial charge in [-0.1, -0.05) is 29.3 Å². The zero-order chi connectivity index (χ0) is 35.4. The minimum atomic E-state index is -0.367. The predicted molar refractivity (Wildman–Crippen MR) is 194 cm³/mol. The van der Waals surface area contributed by atoms with E-state index in [2.05, 4.69) is 20.2 Å². The number of benzene rings is 1. The van der Waals surface area contributed by atoms with Crippen LogP contribution >= 0.6 is 23.2 Å². The van der Waals surface area contributed by atoms with Gasteiger partial charge >= 0.3 is 6.03 Å². The Morgan fingerprint density at radius 2 is 1.74 bits per heavy atom. The molecule has 16 heteroatoms. The van der Waals surface area contributed by atoms with Crippen LogP contribution in [0.3, 0.4) is 0 Å². The zero-order valence-electron chi connectivity index (χ0n) is 28.6. The molecule has 0 saturated carbocycles. The Bertz CT molecular complexity index is 1700. The van der Waals surface area contributed by atoms with Gasteiger partial charge in [0.2, 0.25) is 11.9 Å². The van der Waals surface area contributed by atoms with Gasteiger partial charge in [0.15, 0.2) is 0 Å². The minimum absolute atomic E-state index is 0.0543. The standard InChI is InChI=1S/C34H41Cl2N9O5/c1-41(2)11-5-6-28(46)43-12-9-24(10-13-43)45-32-22(21-44(34(45)47)31-29(35)25(48-3)18-26(49-4)30(31)36)19-38-33(40-32)39-23-7-8-27(37-20-23)42-14-16-50-17-15-42/h5-8,18-20,24H,9-17,21H2,1-4H3,(H,38,39,40)/b6-5+. The number of fused-ring (bicyclic) bond motifs is 1. The van der Waals surface area contributed by atoms with E-state index in [0.717, 1.165) is 18.9 Å². The number of anilines is 5. The average molecular weight is 727 g/mol. The molecule has 0 radical (unpaired) electrons. The van der Waals surface area contributed by atoms with Gasteiger partial charge in [0.25, 0.3) is 0 Å². The molecule has 0 bridgehead atoms. The SMILES string of the molecule is COc1cc(OC)c(Cl)c(N2Cc3cnc(Nc4ccc(N5CCOCC5)nc4)nc3N(C3CCN(C(=O)/C=C/CN(C)C)CC3)C2=O)c1Cl. The number of methoxy groups -OCH3 is 2. The molecule has 0 atom stereocenters. The Kier molecular flexibility index (Phi) is 11.1. The second-order valence-corrected chi connectivity index (χ2v) is 13.1. The molecule has 0 spiro atoms. The first-order chi connectivity index (χ1) is 24.2. The number of carbonyl (C=O) groups is 2. The largest absolute Gasteiger partial charge is 0.495 e. The number of pyridine rings is 1. The van der Waals surface area contributed by atoms with Crippen molar-refractivity contribution in [1.82, 2.24) is 24.8 Å². The van der Waals surface area contributed by atoms with E-state index < -0.39 is 0 Å². The van der Waals surface area contributed by atoms with Crippen LogP contribution in [0.4, 0.5) is 33.8 Å². The van der Waals surface area contributed by atoms with Gasteiger partial charge in [0.1, 0.15) is 33.2 Å². The number of hydrogen-bond donors (Lipinski definition) is 1. The van der Waals surface area contributed by atoms with E-state index in [0.29, 0.717) is 80.2 Å². The predicted octanol–water partition coefficient (Wildman–Crippen LogP) is 4.83. The van der Waals surface area contributed by atoms with Gasteiger partial charge < -0.3 is 34.2 Å². The lowest BCUT2D eigenvalue weighted by atomic mass is 10.0. The third kappa shape index (κ3) is 7.53. The topological polar surface area (TPSA) is 129 Å². The first-order valence-corrected chi connectivity index (χ1v) is 17.2. The van der Waals surface area contributed by atoms with Crippen LogP contribution in [-0.4, -0.2) is 117 Å². The lowest BCUT2D eigenvalue weighted by Crippen LogP contribution is -2.55. The molecule has 3 aliphatic rings. The van der Waals surface area contributed by atoms with Crippen LogP contribution in [-0.2, 0) is 16.1 Å². The number of urea groups is 1. The van der Waals surface area contributed by atoms with Crippen molar-refractivity contribution < 1.29 is 23.8 Å². The van der Waals surface area contributed by atoms with Crippen LogP contribution in [0.15, 0.2) is 42.7 Å². The number of morpholine rings is 1. The number of ether oxygens (including phenoxy) is 3. The highest BCUT2D eigenvalue weighted by molar-refractivity contribution is 6.42. The van der Waals surface area contributed by atoms with Crippen LogP contribution in [0, 0.1) is 0 Å². The van der Waals surface area contributed by atoms with Crippen molar-refractivity contribution >= 4 is 64.1 Å². The van der Waals surface area contributed by atoms with Crippen molar-refractivity contribution in [3.63, 3.8) is 0 Å². The average Bonchev–Trinajstić information content (AvgIpc) is 3.13. The van der Waals surface area contributed by atoms with Crippen molar-refractivity contribution in [2.75, 3.05) is 94.3 Å². The van der Waals surface area contributed by atoms with E-state index in [1.54, 1.807) is 34.3 Å². The Hall–Kier alpha value is -4.37. The van der Waals surface area contributed by atoms with E-state index in [-0.39, 0.29) is 40.3 Å². The fourth-order valence-electron chi connectivity index (χ4n) is 6.23. The number of amides is 3. The van der Waals surface area contributed by atoms with Crippen molar-refractivity contribution in [2.24, 2.45) is 0 Å². The lowest BCUT2D eigenvalue weighted by molar-refractivity contribution is -0.127. The summed E-state index contributed by atoms with van der Waals surface area (Å²) in [4.78, 5) is 50.8. The smallest absolute Gasteiger partial charge is 0.330 e. The zero-order valence-corrected chi connectivity index (χ0v) is 30.1. The number of nitrogens with zero attached hydrogens (tertiary/aromatic N) is 8. The van der Waals surface area contributed by atoms with Gasteiger partial charge in [0, 0.05) is 62.7 Å². The van der Waals surface area contributed by atoms with E-state index in [1.165, 1.54) is 19.1 Å². The van der Waals surface area contributed by atoms with Crippen molar-refractivity contribution in [3.05, 3.63) is 58.4 Å². The first-order valence-electron chi connectivity index (χ1n) is 16.4. The summed E-state index contributed by atoms with van der Waals surface area (Å²) < 4.78 is 16.4. The van der Waals surface area contributed by atoms with E-state index in [1.807, 2.05) is 37.2 Å². The van der Waals surface area contributed by atoms with Crippen molar-refractivity contribution in [1.29, 1.82) is 0 Å². The molecule has 2 aromatic heterocycles. The number of rotatable bonds is 10. The third-order valence-corrected chi connectivity index (χ3v) is 9.60. The molecular formula is C34H41Cl2N9O5. The highest BCUT2D eigenvalue weighted by Crippen LogP contribution is 2.48. The fourth-order valence-corrected chi connectivity index (χ4v) is 6.94. The van der Waals surface area contributed by atoms with Crippen molar-refractivity contribution in [2.45, 2.75) is 25.4 Å². The molecule has 2 fully saturated rings. The molecular weight excluding hydrogens is 685 g/mol. The molecule has 0 unspecified atom stereocenters. The number of piperidine rings is 1.